The minimum Gasteiger partial charge on any atom is -0.484 e. The molecule has 156 valence electrons. The molecule has 1 spiro atoms. The Morgan fingerprint density at radius 2 is 2.17 bits per heavy atom. The number of rotatable bonds is 4. The first-order valence-electron chi connectivity index (χ1n) is 10.8. The summed E-state index contributed by atoms with van der Waals surface area (Å²) >= 11 is 0. The molecule has 2 fully saturated rings. The van der Waals surface area contributed by atoms with E-state index in [1.165, 1.54) is 17.5 Å². The average molecular weight is 406 g/mol. The lowest BCUT2D eigenvalue weighted by atomic mass is 9.65. The van der Waals surface area contributed by atoms with Crippen LogP contribution in [0.15, 0.2) is 30.6 Å². The third-order valence-electron chi connectivity index (χ3n) is 6.95. The molecule has 0 amide bonds. The Balaban J connectivity index is 1.18. The van der Waals surface area contributed by atoms with E-state index in [2.05, 4.69) is 21.4 Å². The maximum Gasteiger partial charge on any atom is 0.141 e. The van der Waals surface area contributed by atoms with Gasteiger partial charge in [-0.1, -0.05) is 5.21 Å². The molecule has 1 atom stereocenters. The first-order chi connectivity index (χ1) is 14.7. The molecule has 0 bridgehead atoms. The van der Waals surface area contributed by atoms with Crippen LogP contribution >= 0.6 is 0 Å². The minimum absolute atomic E-state index is 0.170. The molecule has 1 saturated heterocycles. The van der Waals surface area contributed by atoms with Gasteiger partial charge in [-0.15, -0.1) is 5.10 Å². The number of nitrogens with zero attached hydrogens (tertiary/aromatic N) is 4. The zero-order chi connectivity index (χ0) is 20.1. The molecule has 6 rings (SSSR count). The smallest absolute Gasteiger partial charge is 0.141 e. The second-order valence-electron chi connectivity index (χ2n) is 8.99. The van der Waals surface area contributed by atoms with Gasteiger partial charge in [-0.3, -0.25) is 4.98 Å². The van der Waals surface area contributed by atoms with E-state index in [-0.39, 0.29) is 6.10 Å². The number of ether oxygens (including phenoxy) is 3. The number of benzene rings is 1. The number of fused-ring (bicyclic) bond motifs is 3. The highest BCUT2D eigenvalue weighted by atomic mass is 16.5. The molecular formula is C23H26N4O3. The standard InChI is InChI=1S/C23H26N4O3/c1-15(22-12-27(26-25-22)17-9-23(10-17)5-7-29-14-23)30-18-2-3-21-20(8-18)19-4-6-28-13-16(19)11-24-21/h2-3,8,11-12,15,17H,4-7,9-10,13-14H2,1H3. The van der Waals surface area contributed by atoms with E-state index >= 15 is 0 Å². The average Bonchev–Trinajstić information content (AvgIpc) is 3.42. The van der Waals surface area contributed by atoms with Gasteiger partial charge in [-0.2, -0.15) is 0 Å². The second kappa shape index (κ2) is 7.03. The van der Waals surface area contributed by atoms with Gasteiger partial charge in [0, 0.05) is 18.2 Å². The van der Waals surface area contributed by atoms with Crippen molar-refractivity contribution < 1.29 is 14.2 Å². The van der Waals surface area contributed by atoms with Crippen molar-refractivity contribution in [1.29, 1.82) is 0 Å². The highest BCUT2D eigenvalue weighted by Gasteiger charge is 2.48. The Bertz CT molecular complexity index is 1080. The predicted molar refractivity (Wildman–Crippen MR) is 110 cm³/mol. The van der Waals surface area contributed by atoms with Crippen molar-refractivity contribution in [3.8, 4) is 5.75 Å². The lowest BCUT2D eigenvalue weighted by molar-refractivity contribution is 0.0376. The van der Waals surface area contributed by atoms with E-state index in [9.17, 15) is 0 Å². The van der Waals surface area contributed by atoms with Crippen LogP contribution in [0.2, 0.25) is 0 Å². The van der Waals surface area contributed by atoms with Gasteiger partial charge < -0.3 is 14.2 Å². The van der Waals surface area contributed by atoms with E-state index in [1.807, 2.05) is 36.1 Å². The molecule has 3 aliphatic rings. The highest BCUT2D eigenvalue weighted by Crippen LogP contribution is 2.53. The van der Waals surface area contributed by atoms with Crippen molar-refractivity contribution in [3.05, 3.63) is 47.4 Å². The van der Waals surface area contributed by atoms with Gasteiger partial charge in [0.05, 0.1) is 37.6 Å². The summed E-state index contributed by atoms with van der Waals surface area (Å²) in [6, 6.07) is 6.54. The molecule has 2 aliphatic heterocycles. The number of pyridine rings is 1. The molecule has 0 N–H and O–H groups in total. The topological polar surface area (TPSA) is 71.3 Å². The van der Waals surface area contributed by atoms with Crippen molar-refractivity contribution >= 4 is 10.9 Å². The maximum atomic E-state index is 6.24. The quantitative estimate of drug-likeness (QED) is 0.657. The second-order valence-corrected chi connectivity index (χ2v) is 8.99. The van der Waals surface area contributed by atoms with E-state index < -0.39 is 0 Å². The van der Waals surface area contributed by atoms with Crippen molar-refractivity contribution in [2.24, 2.45) is 5.41 Å². The summed E-state index contributed by atoms with van der Waals surface area (Å²) in [4.78, 5) is 4.57. The van der Waals surface area contributed by atoms with E-state index in [0.29, 0.717) is 18.1 Å². The fraction of sp³-hybridized carbons (Fsp3) is 0.522. The fourth-order valence-corrected chi connectivity index (χ4v) is 5.14. The van der Waals surface area contributed by atoms with Gasteiger partial charge in [0.1, 0.15) is 17.5 Å². The van der Waals surface area contributed by atoms with Crippen molar-refractivity contribution in [2.45, 2.75) is 51.4 Å². The molecule has 1 saturated carbocycles. The highest BCUT2D eigenvalue weighted by molar-refractivity contribution is 5.84. The zero-order valence-corrected chi connectivity index (χ0v) is 17.2. The summed E-state index contributed by atoms with van der Waals surface area (Å²) in [5.41, 5.74) is 4.75. The molecular weight excluding hydrogens is 380 g/mol. The van der Waals surface area contributed by atoms with E-state index in [4.69, 9.17) is 14.2 Å². The van der Waals surface area contributed by atoms with Gasteiger partial charge in [-0.05, 0) is 67.3 Å². The Kier molecular flexibility index (Phi) is 4.28. The number of aromatic nitrogens is 4. The van der Waals surface area contributed by atoms with E-state index in [0.717, 1.165) is 61.4 Å². The van der Waals surface area contributed by atoms with Crippen LogP contribution < -0.4 is 4.74 Å². The molecule has 30 heavy (non-hydrogen) atoms. The first-order valence-corrected chi connectivity index (χ1v) is 10.8. The van der Waals surface area contributed by atoms with Gasteiger partial charge in [0.2, 0.25) is 0 Å². The van der Waals surface area contributed by atoms with Crippen LogP contribution in [-0.2, 0) is 22.5 Å². The minimum atomic E-state index is -0.170. The fourth-order valence-electron chi connectivity index (χ4n) is 5.14. The Hall–Kier alpha value is -2.51. The van der Waals surface area contributed by atoms with Crippen LogP contribution in [-0.4, -0.2) is 39.8 Å². The summed E-state index contributed by atoms with van der Waals surface area (Å²) in [6.45, 7) is 5.22. The van der Waals surface area contributed by atoms with Crippen molar-refractivity contribution in [1.82, 2.24) is 20.0 Å². The van der Waals surface area contributed by atoms with Crippen LogP contribution in [0.5, 0.6) is 5.75 Å². The van der Waals surface area contributed by atoms with Crippen LogP contribution in [0.1, 0.15) is 55.2 Å². The van der Waals surface area contributed by atoms with Gasteiger partial charge >= 0.3 is 0 Å². The zero-order valence-electron chi connectivity index (χ0n) is 17.2. The van der Waals surface area contributed by atoms with Crippen molar-refractivity contribution in [2.75, 3.05) is 19.8 Å². The van der Waals surface area contributed by atoms with Crippen LogP contribution in [0, 0.1) is 5.41 Å². The molecule has 1 aromatic carbocycles. The number of hydrogen-bond acceptors (Lipinski definition) is 6. The van der Waals surface area contributed by atoms with Gasteiger partial charge in [0.25, 0.3) is 0 Å². The molecule has 1 unspecified atom stereocenters. The van der Waals surface area contributed by atoms with Crippen molar-refractivity contribution in [3.63, 3.8) is 0 Å². The molecule has 7 nitrogen and oxygen atoms in total. The molecule has 0 radical (unpaired) electrons. The van der Waals surface area contributed by atoms with Gasteiger partial charge in [-0.25, -0.2) is 4.68 Å². The van der Waals surface area contributed by atoms with E-state index in [1.54, 1.807) is 0 Å². The number of hydrogen-bond donors (Lipinski definition) is 0. The van der Waals surface area contributed by atoms with Crippen LogP contribution in [0.3, 0.4) is 0 Å². The molecule has 3 aromatic rings. The SMILES string of the molecule is CC(Oc1ccc2ncc3c(c2c1)CCOC3)c1cn(C2CC3(CCOC3)C2)nn1. The van der Waals surface area contributed by atoms with Gasteiger partial charge in [0.15, 0.2) is 0 Å². The molecule has 7 heteroatoms. The molecule has 1 aliphatic carbocycles. The normalized spacial score (nSPS) is 26.5. The Labute approximate surface area is 175 Å². The summed E-state index contributed by atoms with van der Waals surface area (Å²) < 4.78 is 19.4. The monoisotopic (exact) mass is 406 g/mol. The lowest BCUT2D eigenvalue weighted by Gasteiger charge is -2.43. The summed E-state index contributed by atoms with van der Waals surface area (Å²) in [7, 11) is 0. The maximum absolute atomic E-state index is 6.24. The molecule has 4 heterocycles. The summed E-state index contributed by atoms with van der Waals surface area (Å²) in [5.74, 6) is 0.831. The predicted octanol–water partition coefficient (Wildman–Crippen LogP) is 3.78. The first kappa shape index (κ1) is 18.3. The van der Waals surface area contributed by atoms with Crippen LogP contribution in [0.4, 0.5) is 0 Å². The van der Waals surface area contributed by atoms with Crippen LogP contribution in [0.25, 0.3) is 10.9 Å². The third kappa shape index (κ3) is 3.08. The Morgan fingerprint density at radius 1 is 1.23 bits per heavy atom. The molecule has 2 aromatic heterocycles. The largest absolute Gasteiger partial charge is 0.484 e. The summed E-state index contributed by atoms with van der Waals surface area (Å²) in [5, 5.41) is 9.93. The summed E-state index contributed by atoms with van der Waals surface area (Å²) in [6.07, 6.45) is 8.17. The third-order valence-corrected chi connectivity index (χ3v) is 6.95. The lowest BCUT2D eigenvalue weighted by Crippen LogP contribution is -2.39. The Morgan fingerprint density at radius 3 is 3.03 bits per heavy atom.